The number of carbonyl (C=O) groups is 1. The van der Waals surface area contributed by atoms with E-state index >= 15 is 0 Å². The number of carbonyl (C=O) groups excluding carboxylic acids is 1. The van der Waals surface area contributed by atoms with Gasteiger partial charge in [0, 0.05) is 38.4 Å². The predicted octanol–water partition coefficient (Wildman–Crippen LogP) is 2.33. The molecule has 1 heterocycles. The highest BCUT2D eigenvalue weighted by molar-refractivity contribution is 7.89. The lowest BCUT2D eigenvalue weighted by Gasteiger charge is -2.35. The van der Waals surface area contributed by atoms with Gasteiger partial charge in [-0.05, 0) is 48.7 Å². The summed E-state index contributed by atoms with van der Waals surface area (Å²) in [5.41, 5.74) is 3.02. The fourth-order valence-corrected chi connectivity index (χ4v) is 5.00. The van der Waals surface area contributed by atoms with Gasteiger partial charge < -0.3 is 10.2 Å². The van der Waals surface area contributed by atoms with Gasteiger partial charge in [-0.25, -0.2) is 12.8 Å². The molecule has 1 N–H and O–H groups in total. The second-order valence-electron chi connectivity index (χ2n) is 7.55. The van der Waals surface area contributed by atoms with Gasteiger partial charge in [0.1, 0.15) is 5.82 Å². The van der Waals surface area contributed by atoms with E-state index in [-0.39, 0.29) is 23.9 Å². The Morgan fingerprint density at radius 1 is 1.07 bits per heavy atom. The van der Waals surface area contributed by atoms with Crippen molar-refractivity contribution in [1.82, 2.24) is 9.62 Å². The maximum Gasteiger partial charge on any atom is 0.224 e. The summed E-state index contributed by atoms with van der Waals surface area (Å²) < 4.78 is 39.7. The molecule has 0 atom stereocenters. The summed E-state index contributed by atoms with van der Waals surface area (Å²) in [6.07, 6.45) is 0.504. The van der Waals surface area contributed by atoms with E-state index in [0.717, 1.165) is 5.69 Å². The fraction of sp³-hybridized carbons (Fsp3) is 0.409. The Bertz CT molecular complexity index is 956. The van der Waals surface area contributed by atoms with Crippen molar-refractivity contribution in [2.45, 2.75) is 19.8 Å². The number of rotatable bonds is 8. The summed E-state index contributed by atoms with van der Waals surface area (Å²) in [7, 11) is -3.35. The lowest BCUT2D eigenvalue weighted by molar-refractivity contribution is -0.120. The van der Waals surface area contributed by atoms with E-state index in [1.807, 2.05) is 25.1 Å². The van der Waals surface area contributed by atoms with Crippen LogP contribution in [0.3, 0.4) is 0 Å². The minimum Gasteiger partial charge on any atom is -0.369 e. The third-order valence-electron chi connectivity index (χ3n) is 5.18. The number of hydrogen-bond donors (Lipinski definition) is 1. The van der Waals surface area contributed by atoms with E-state index in [9.17, 15) is 17.6 Å². The van der Waals surface area contributed by atoms with Crippen LogP contribution in [-0.2, 0) is 21.2 Å². The third kappa shape index (κ3) is 6.27. The SMILES string of the molecule is Cc1cccc(N2CCN(S(=O)(=O)CCCNC(=O)Cc3ccc(F)cc3)CC2)c1. The maximum atomic E-state index is 12.9. The highest BCUT2D eigenvalue weighted by Gasteiger charge is 2.26. The van der Waals surface area contributed by atoms with Crippen LogP contribution < -0.4 is 10.2 Å². The molecule has 0 radical (unpaired) electrons. The minimum absolute atomic E-state index is 0.00821. The summed E-state index contributed by atoms with van der Waals surface area (Å²) in [5.74, 6) is -0.538. The molecule has 0 saturated carbocycles. The summed E-state index contributed by atoms with van der Waals surface area (Å²) in [5, 5.41) is 2.73. The Balaban J connectivity index is 1.39. The van der Waals surface area contributed by atoms with Crippen LogP contribution in [0.2, 0.25) is 0 Å². The molecule has 0 aromatic heterocycles. The van der Waals surface area contributed by atoms with E-state index in [0.29, 0.717) is 44.7 Å². The Hall–Kier alpha value is -2.45. The number of nitrogens with zero attached hydrogens (tertiary/aromatic N) is 2. The monoisotopic (exact) mass is 433 g/mol. The van der Waals surface area contributed by atoms with E-state index < -0.39 is 10.0 Å². The van der Waals surface area contributed by atoms with Crippen LogP contribution in [0.4, 0.5) is 10.1 Å². The van der Waals surface area contributed by atoms with Crippen LogP contribution in [0.1, 0.15) is 17.5 Å². The largest absolute Gasteiger partial charge is 0.369 e. The molecule has 0 aliphatic carbocycles. The molecule has 6 nitrogen and oxygen atoms in total. The highest BCUT2D eigenvalue weighted by atomic mass is 32.2. The van der Waals surface area contributed by atoms with Crippen LogP contribution in [0.15, 0.2) is 48.5 Å². The normalized spacial score (nSPS) is 15.2. The van der Waals surface area contributed by atoms with Crippen LogP contribution in [0.25, 0.3) is 0 Å². The number of halogens is 1. The lowest BCUT2D eigenvalue weighted by Crippen LogP contribution is -2.49. The molecule has 2 aromatic rings. The lowest BCUT2D eigenvalue weighted by atomic mass is 10.1. The number of anilines is 1. The van der Waals surface area contributed by atoms with Crippen molar-refractivity contribution in [3.63, 3.8) is 0 Å². The number of benzene rings is 2. The zero-order valence-electron chi connectivity index (χ0n) is 17.2. The van der Waals surface area contributed by atoms with Gasteiger partial charge in [0.25, 0.3) is 0 Å². The van der Waals surface area contributed by atoms with Crippen molar-refractivity contribution >= 4 is 21.6 Å². The maximum absolute atomic E-state index is 12.9. The summed E-state index contributed by atoms with van der Waals surface area (Å²) in [4.78, 5) is 14.2. The first kappa shape index (κ1) is 22.2. The van der Waals surface area contributed by atoms with E-state index in [2.05, 4.69) is 16.3 Å². The van der Waals surface area contributed by atoms with E-state index in [1.165, 1.54) is 17.7 Å². The van der Waals surface area contributed by atoms with Crippen molar-refractivity contribution in [2.75, 3.05) is 43.4 Å². The molecule has 1 aliphatic rings. The van der Waals surface area contributed by atoms with Gasteiger partial charge in [0.2, 0.25) is 15.9 Å². The standard InChI is InChI=1S/C22H28FN3O3S/c1-18-4-2-5-21(16-18)25-11-13-26(14-12-25)30(28,29)15-3-10-24-22(27)17-19-6-8-20(23)9-7-19/h2,4-9,16H,3,10-15,17H2,1H3,(H,24,27). The zero-order chi connectivity index (χ0) is 21.6. The Morgan fingerprint density at radius 3 is 2.43 bits per heavy atom. The molecule has 8 heteroatoms. The first-order valence-corrected chi connectivity index (χ1v) is 11.7. The minimum atomic E-state index is -3.35. The number of nitrogens with one attached hydrogen (secondary N) is 1. The zero-order valence-corrected chi connectivity index (χ0v) is 18.0. The van der Waals surface area contributed by atoms with Crippen LogP contribution in [0, 0.1) is 12.7 Å². The summed E-state index contributed by atoms with van der Waals surface area (Å²) in [6, 6.07) is 14.0. The molecule has 1 amide bonds. The average molecular weight is 434 g/mol. The Morgan fingerprint density at radius 2 is 1.77 bits per heavy atom. The molecule has 0 spiro atoms. The molecule has 3 rings (SSSR count). The topological polar surface area (TPSA) is 69.7 Å². The molecule has 0 unspecified atom stereocenters. The quantitative estimate of drug-likeness (QED) is 0.649. The van der Waals surface area contributed by atoms with Gasteiger partial charge in [-0.1, -0.05) is 24.3 Å². The average Bonchev–Trinajstić information content (AvgIpc) is 2.73. The van der Waals surface area contributed by atoms with Crippen molar-refractivity contribution in [2.24, 2.45) is 0 Å². The predicted molar refractivity (Wildman–Crippen MR) is 116 cm³/mol. The van der Waals surface area contributed by atoms with Crippen molar-refractivity contribution in [3.05, 3.63) is 65.5 Å². The van der Waals surface area contributed by atoms with Gasteiger partial charge in [-0.15, -0.1) is 0 Å². The smallest absolute Gasteiger partial charge is 0.224 e. The van der Waals surface area contributed by atoms with Crippen LogP contribution in [-0.4, -0.2) is 57.1 Å². The first-order chi connectivity index (χ1) is 14.3. The van der Waals surface area contributed by atoms with E-state index in [4.69, 9.17) is 0 Å². The molecular weight excluding hydrogens is 405 g/mol. The second kappa shape index (κ2) is 10.0. The van der Waals surface area contributed by atoms with Crippen molar-refractivity contribution in [3.8, 4) is 0 Å². The van der Waals surface area contributed by atoms with Gasteiger partial charge in [0.15, 0.2) is 0 Å². The van der Waals surface area contributed by atoms with Crippen LogP contribution in [0.5, 0.6) is 0 Å². The molecule has 30 heavy (non-hydrogen) atoms. The first-order valence-electron chi connectivity index (χ1n) is 10.1. The molecule has 162 valence electrons. The highest BCUT2D eigenvalue weighted by Crippen LogP contribution is 2.19. The second-order valence-corrected chi connectivity index (χ2v) is 9.64. The molecule has 1 fully saturated rings. The van der Waals surface area contributed by atoms with Gasteiger partial charge in [-0.2, -0.15) is 4.31 Å². The molecular formula is C22H28FN3O3S. The van der Waals surface area contributed by atoms with Crippen molar-refractivity contribution in [1.29, 1.82) is 0 Å². The molecule has 2 aromatic carbocycles. The van der Waals surface area contributed by atoms with Crippen molar-refractivity contribution < 1.29 is 17.6 Å². The van der Waals surface area contributed by atoms with Crippen LogP contribution >= 0.6 is 0 Å². The molecule has 1 aliphatic heterocycles. The number of piperazine rings is 1. The number of hydrogen-bond acceptors (Lipinski definition) is 4. The molecule has 1 saturated heterocycles. The van der Waals surface area contributed by atoms with Gasteiger partial charge in [0.05, 0.1) is 12.2 Å². The van der Waals surface area contributed by atoms with Gasteiger partial charge >= 0.3 is 0 Å². The van der Waals surface area contributed by atoms with E-state index in [1.54, 1.807) is 16.4 Å². The molecule has 0 bridgehead atoms. The summed E-state index contributed by atoms with van der Waals surface area (Å²) in [6.45, 7) is 4.60. The number of amides is 1. The summed E-state index contributed by atoms with van der Waals surface area (Å²) >= 11 is 0. The Kier molecular flexibility index (Phi) is 7.44. The number of sulfonamides is 1. The third-order valence-corrected chi connectivity index (χ3v) is 7.13. The Labute approximate surface area is 177 Å². The number of aryl methyl sites for hydroxylation is 1. The fourth-order valence-electron chi connectivity index (χ4n) is 3.51. The van der Waals surface area contributed by atoms with Gasteiger partial charge in [-0.3, -0.25) is 4.79 Å².